The Bertz CT molecular complexity index is 1270. The number of hydrogen-bond donors (Lipinski definition) is 1. The Kier molecular flexibility index (Phi) is 5.30. The van der Waals surface area contributed by atoms with E-state index in [1.807, 2.05) is 38.1 Å². The van der Waals surface area contributed by atoms with Crippen LogP contribution in [0.3, 0.4) is 0 Å². The first kappa shape index (κ1) is 19.4. The van der Waals surface area contributed by atoms with Crippen molar-refractivity contribution in [2.45, 2.75) is 13.8 Å². The molecule has 0 aliphatic rings. The Morgan fingerprint density at radius 3 is 2.53 bits per heavy atom. The fourth-order valence-corrected chi connectivity index (χ4v) is 3.28. The molecule has 6 nitrogen and oxygen atoms in total. The predicted molar refractivity (Wildman–Crippen MR) is 116 cm³/mol. The van der Waals surface area contributed by atoms with Gasteiger partial charge in [0.15, 0.2) is 11.3 Å². The molecule has 0 atom stereocenters. The molecule has 150 valence electrons. The molecule has 1 amide bonds. The summed E-state index contributed by atoms with van der Waals surface area (Å²) in [7, 11) is 1.58. The third kappa shape index (κ3) is 4.07. The molecule has 2 heterocycles. The van der Waals surface area contributed by atoms with E-state index >= 15 is 0 Å². The van der Waals surface area contributed by atoms with Crippen LogP contribution < -0.4 is 15.6 Å². The van der Waals surface area contributed by atoms with Gasteiger partial charge in [-0.2, -0.15) is 0 Å². The van der Waals surface area contributed by atoms with E-state index in [9.17, 15) is 4.79 Å². The molecular formula is C24H21N3O3. The highest BCUT2D eigenvalue weighted by molar-refractivity contribution is 6.05. The van der Waals surface area contributed by atoms with Gasteiger partial charge in [-0.05, 0) is 61.4 Å². The number of para-hydroxylation sites is 1. The van der Waals surface area contributed by atoms with E-state index in [2.05, 4.69) is 21.4 Å². The molecular weight excluding hydrogens is 378 g/mol. The third-order valence-corrected chi connectivity index (χ3v) is 4.55. The summed E-state index contributed by atoms with van der Waals surface area (Å²) in [4.78, 5) is 21.9. The van der Waals surface area contributed by atoms with Gasteiger partial charge in [0.1, 0.15) is 11.4 Å². The van der Waals surface area contributed by atoms with E-state index in [0.29, 0.717) is 28.4 Å². The number of hydrogen-bond acceptors (Lipinski definition) is 5. The Morgan fingerprint density at radius 2 is 1.83 bits per heavy atom. The number of benzene rings is 2. The van der Waals surface area contributed by atoms with Crippen LogP contribution in [0.25, 0.3) is 11.0 Å². The van der Waals surface area contributed by atoms with Crippen LogP contribution in [0.4, 0.5) is 11.5 Å². The van der Waals surface area contributed by atoms with Gasteiger partial charge >= 0.3 is 0 Å². The third-order valence-electron chi connectivity index (χ3n) is 4.55. The smallest absolute Gasteiger partial charge is 0.262 e. The Balaban J connectivity index is 1.92. The zero-order chi connectivity index (χ0) is 21.1. The van der Waals surface area contributed by atoms with Crippen molar-refractivity contribution in [3.8, 4) is 5.75 Å². The number of carbonyl (C=O) groups excluding carboxylic acids is 1. The van der Waals surface area contributed by atoms with Crippen LogP contribution in [0.5, 0.6) is 5.75 Å². The van der Waals surface area contributed by atoms with Crippen molar-refractivity contribution in [2.24, 2.45) is 4.99 Å². The van der Waals surface area contributed by atoms with E-state index in [-0.39, 0.29) is 11.5 Å². The van der Waals surface area contributed by atoms with Gasteiger partial charge in [-0.1, -0.05) is 24.3 Å². The molecule has 2 aromatic carbocycles. The quantitative estimate of drug-likeness (QED) is 0.527. The van der Waals surface area contributed by atoms with Crippen molar-refractivity contribution in [3.05, 3.63) is 89.1 Å². The minimum Gasteiger partial charge on any atom is -0.493 e. The standard InChI is InChI=1S/C24H21N3O3/c1-15-11-16(2)13-18(12-15)26-24-19(23(28)27-21-9-4-5-10-25-21)14-17-7-6-8-20(29-3)22(17)30-24/h4-14H,1-3H3,(H,25,27,28). The number of methoxy groups -OCH3 is 1. The molecule has 0 saturated carbocycles. The zero-order valence-electron chi connectivity index (χ0n) is 17.0. The molecule has 1 N–H and O–H groups in total. The average molecular weight is 399 g/mol. The monoisotopic (exact) mass is 399 g/mol. The maximum Gasteiger partial charge on any atom is 0.262 e. The highest BCUT2D eigenvalue weighted by Gasteiger charge is 2.15. The maximum absolute atomic E-state index is 13.1. The zero-order valence-corrected chi connectivity index (χ0v) is 17.0. The largest absolute Gasteiger partial charge is 0.493 e. The number of nitrogens with one attached hydrogen (secondary N) is 1. The number of nitrogens with zero attached hydrogens (tertiary/aromatic N) is 2. The first-order chi connectivity index (χ1) is 14.5. The van der Waals surface area contributed by atoms with Crippen molar-refractivity contribution in [3.63, 3.8) is 0 Å². The van der Waals surface area contributed by atoms with Gasteiger partial charge in [0.25, 0.3) is 5.91 Å². The summed E-state index contributed by atoms with van der Waals surface area (Å²) < 4.78 is 11.5. The SMILES string of the molecule is COc1cccc2cc(C(=O)Nc3ccccn3)c(=Nc3cc(C)cc(C)c3)oc12. The number of carbonyl (C=O) groups is 1. The minimum absolute atomic E-state index is 0.199. The molecule has 0 bridgehead atoms. The van der Waals surface area contributed by atoms with Crippen LogP contribution in [0, 0.1) is 13.8 Å². The molecule has 6 heteroatoms. The van der Waals surface area contributed by atoms with Crippen molar-refractivity contribution in [1.29, 1.82) is 0 Å². The summed E-state index contributed by atoms with van der Waals surface area (Å²) in [5.74, 6) is 0.664. The number of ether oxygens (including phenoxy) is 1. The molecule has 2 aromatic heterocycles. The maximum atomic E-state index is 13.1. The summed E-state index contributed by atoms with van der Waals surface area (Å²) in [6.45, 7) is 4.00. The molecule has 0 unspecified atom stereocenters. The molecule has 30 heavy (non-hydrogen) atoms. The van der Waals surface area contributed by atoms with E-state index in [1.54, 1.807) is 43.6 Å². The Labute approximate surface area is 173 Å². The summed E-state index contributed by atoms with van der Waals surface area (Å²) in [5, 5.41) is 3.54. The Morgan fingerprint density at radius 1 is 1.03 bits per heavy atom. The van der Waals surface area contributed by atoms with E-state index in [4.69, 9.17) is 9.15 Å². The summed E-state index contributed by atoms with van der Waals surface area (Å²) in [5.41, 5.74) is 3.89. The van der Waals surface area contributed by atoms with Gasteiger partial charge in [-0.25, -0.2) is 9.98 Å². The van der Waals surface area contributed by atoms with Crippen molar-refractivity contribution in [1.82, 2.24) is 4.98 Å². The van der Waals surface area contributed by atoms with Gasteiger partial charge in [0, 0.05) is 11.6 Å². The second kappa shape index (κ2) is 8.21. The lowest BCUT2D eigenvalue weighted by Gasteiger charge is -2.08. The van der Waals surface area contributed by atoms with Gasteiger partial charge in [0.2, 0.25) is 5.55 Å². The van der Waals surface area contributed by atoms with Gasteiger partial charge in [0.05, 0.1) is 12.8 Å². The number of anilines is 1. The lowest BCUT2D eigenvalue weighted by molar-refractivity contribution is 0.102. The predicted octanol–water partition coefficient (Wildman–Crippen LogP) is 4.94. The van der Waals surface area contributed by atoms with Crippen LogP contribution in [0.1, 0.15) is 21.5 Å². The molecule has 0 spiro atoms. The van der Waals surface area contributed by atoms with Crippen LogP contribution in [0.15, 0.2) is 76.3 Å². The minimum atomic E-state index is -0.356. The van der Waals surface area contributed by atoms with Crippen molar-refractivity contribution >= 4 is 28.4 Å². The average Bonchev–Trinajstić information content (AvgIpc) is 2.72. The lowest BCUT2D eigenvalue weighted by Crippen LogP contribution is -2.22. The van der Waals surface area contributed by atoms with Crippen LogP contribution in [0.2, 0.25) is 0 Å². The van der Waals surface area contributed by atoms with E-state index in [1.165, 1.54) is 0 Å². The first-order valence-electron chi connectivity index (χ1n) is 9.50. The van der Waals surface area contributed by atoms with Crippen LogP contribution in [-0.4, -0.2) is 18.0 Å². The molecule has 0 fully saturated rings. The van der Waals surface area contributed by atoms with Crippen molar-refractivity contribution < 1.29 is 13.9 Å². The molecule has 4 aromatic rings. The topological polar surface area (TPSA) is 76.7 Å². The van der Waals surface area contributed by atoms with Gasteiger partial charge in [-0.15, -0.1) is 0 Å². The number of amides is 1. The van der Waals surface area contributed by atoms with E-state index in [0.717, 1.165) is 16.5 Å². The molecule has 0 radical (unpaired) electrons. The summed E-state index contributed by atoms with van der Waals surface area (Å²) >= 11 is 0. The second-order valence-corrected chi connectivity index (χ2v) is 6.97. The lowest BCUT2D eigenvalue weighted by atomic mass is 10.1. The summed E-state index contributed by atoms with van der Waals surface area (Å²) in [6.07, 6.45) is 1.62. The highest BCUT2D eigenvalue weighted by Crippen LogP contribution is 2.25. The molecule has 0 saturated heterocycles. The fraction of sp³-hybridized carbons (Fsp3) is 0.125. The van der Waals surface area contributed by atoms with E-state index < -0.39 is 0 Å². The molecule has 4 rings (SSSR count). The first-order valence-corrected chi connectivity index (χ1v) is 9.50. The normalized spacial score (nSPS) is 11.5. The molecule has 0 aliphatic carbocycles. The second-order valence-electron chi connectivity index (χ2n) is 6.97. The number of rotatable bonds is 4. The number of fused-ring (bicyclic) bond motifs is 1. The highest BCUT2D eigenvalue weighted by atomic mass is 16.5. The van der Waals surface area contributed by atoms with Gasteiger partial charge < -0.3 is 14.5 Å². The van der Waals surface area contributed by atoms with Crippen molar-refractivity contribution in [2.75, 3.05) is 12.4 Å². The van der Waals surface area contributed by atoms with Crippen LogP contribution >= 0.6 is 0 Å². The molecule has 0 aliphatic heterocycles. The number of aromatic nitrogens is 1. The summed E-state index contributed by atoms with van der Waals surface area (Å²) in [6, 6.07) is 18.5. The van der Waals surface area contributed by atoms with Gasteiger partial charge in [-0.3, -0.25) is 4.79 Å². The Hall–Kier alpha value is -3.93. The van der Waals surface area contributed by atoms with Crippen LogP contribution in [-0.2, 0) is 0 Å². The fourth-order valence-electron chi connectivity index (χ4n) is 3.28. The number of pyridine rings is 1. The number of aryl methyl sites for hydroxylation is 2.